The Kier molecular flexibility index (Phi) is 11.0. The Balaban J connectivity index is 1.49. The minimum atomic E-state index is -1.09. The van der Waals surface area contributed by atoms with Gasteiger partial charge in [-0.1, -0.05) is 65.7 Å². The van der Waals surface area contributed by atoms with Crippen LogP contribution in [0.5, 0.6) is 11.5 Å². The molecule has 1 amide bonds. The number of nitrogens with zero attached hydrogens (tertiary/aromatic N) is 1. The summed E-state index contributed by atoms with van der Waals surface area (Å²) in [5, 5.41) is 4.80. The number of hydrogen-bond acceptors (Lipinski definition) is 6. The molecular formula is C30H35BCl2N2O5. The van der Waals surface area contributed by atoms with Gasteiger partial charge in [0, 0.05) is 35.7 Å². The molecule has 0 bridgehead atoms. The average Bonchev–Trinajstić information content (AvgIpc) is 2.96. The third-order valence-corrected chi connectivity index (χ3v) is 7.63. The number of rotatable bonds is 11. The van der Waals surface area contributed by atoms with E-state index in [1.807, 2.05) is 75.4 Å². The Morgan fingerprint density at radius 2 is 1.52 bits per heavy atom. The molecular weight excluding hydrogens is 550 g/mol. The topological polar surface area (TPSA) is 69.3 Å². The van der Waals surface area contributed by atoms with Crippen molar-refractivity contribution in [2.75, 3.05) is 26.2 Å². The van der Waals surface area contributed by atoms with Gasteiger partial charge < -0.3 is 28.9 Å². The summed E-state index contributed by atoms with van der Waals surface area (Å²) in [6.45, 7) is 7.85. The number of aryl methyl sites for hydroxylation is 2. The highest BCUT2D eigenvalue weighted by atomic mass is 35.5. The summed E-state index contributed by atoms with van der Waals surface area (Å²) < 4.78 is 24.0. The molecule has 1 aliphatic rings. The Bertz CT molecular complexity index is 1200. The van der Waals surface area contributed by atoms with Crippen LogP contribution in [-0.2, 0) is 9.39 Å². The molecule has 4 rings (SSSR count). The Morgan fingerprint density at radius 3 is 2.05 bits per heavy atom. The van der Waals surface area contributed by atoms with Crippen molar-refractivity contribution in [1.82, 2.24) is 10.2 Å². The van der Waals surface area contributed by atoms with E-state index in [2.05, 4.69) is 5.32 Å². The van der Waals surface area contributed by atoms with Crippen LogP contribution in [0.1, 0.15) is 42.6 Å². The predicted molar refractivity (Wildman–Crippen MR) is 159 cm³/mol. The van der Waals surface area contributed by atoms with E-state index in [0.29, 0.717) is 47.8 Å². The molecule has 1 atom stereocenters. The first-order valence-corrected chi connectivity index (χ1v) is 14.3. The fourth-order valence-corrected chi connectivity index (χ4v) is 4.74. The molecule has 7 nitrogen and oxygen atoms in total. The van der Waals surface area contributed by atoms with Gasteiger partial charge in [0.15, 0.2) is 0 Å². The Labute approximate surface area is 246 Å². The molecule has 1 unspecified atom stereocenters. The molecule has 1 saturated heterocycles. The Morgan fingerprint density at radius 1 is 0.950 bits per heavy atom. The van der Waals surface area contributed by atoms with Crippen LogP contribution in [0.2, 0.25) is 10.0 Å². The van der Waals surface area contributed by atoms with E-state index in [9.17, 15) is 4.79 Å². The van der Waals surface area contributed by atoms with Crippen molar-refractivity contribution in [3.63, 3.8) is 0 Å². The third kappa shape index (κ3) is 8.55. The number of halogens is 2. The van der Waals surface area contributed by atoms with Crippen molar-refractivity contribution >= 4 is 36.6 Å². The molecule has 10 heteroatoms. The summed E-state index contributed by atoms with van der Waals surface area (Å²) in [5.41, 5.74) is 2.86. The first kappa shape index (κ1) is 30.1. The number of carbonyl (C=O) groups excluding carboxylic acids is 1. The van der Waals surface area contributed by atoms with Crippen molar-refractivity contribution in [3.05, 3.63) is 93.5 Å². The molecule has 1 heterocycles. The summed E-state index contributed by atoms with van der Waals surface area (Å²) >= 11 is 12.7. The maximum Gasteiger partial charge on any atom is 0.788 e. The standard InChI is InChI=1S/C30H35BCl2N2O5/c1-4-37-30(36)35-16-14-24(15-17-35)34-20-29(23-8-6-5-7-9-23)40-31(38-25-12-10-21(2)27(32)18-25)39-26-13-11-22(3)28(33)19-26/h5-13,18-19,24,29,34H,4,14-17,20H2,1-3H3. The largest absolute Gasteiger partial charge is 0.788 e. The van der Waals surface area contributed by atoms with E-state index in [4.69, 9.17) is 41.9 Å². The number of carbonyl (C=O) groups is 1. The van der Waals surface area contributed by atoms with Crippen molar-refractivity contribution in [3.8, 4) is 11.5 Å². The van der Waals surface area contributed by atoms with Crippen molar-refractivity contribution in [2.45, 2.75) is 45.8 Å². The number of nitrogens with one attached hydrogen (secondary N) is 1. The molecule has 3 aromatic rings. The minimum absolute atomic E-state index is 0.229. The molecule has 0 spiro atoms. The van der Waals surface area contributed by atoms with E-state index in [-0.39, 0.29) is 12.1 Å². The normalized spacial score (nSPS) is 14.5. The molecule has 0 aliphatic carbocycles. The van der Waals surface area contributed by atoms with Gasteiger partial charge in [-0.2, -0.15) is 0 Å². The maximum absolute atomic E-state index is 12.1. The summed E-state index contributed by atoms with van der Waals surface area (Å²) in [5.74, 6) is 1.04. The second kappa shape index (κ2) is 14.6. The molecule has 212 valence electrons. The zero-order valence-electron chi connectivity index (χ0n) is 23.1. The minimum Gasteiger partial charge on any atom is -0.501 e. The second-order valence-corrected chi connectivity index (χ2v) is 10.6. The molecule has 1 aliphatic heterocycles. The van der Waals surface area contributed by atoms with Gasteiger partial charge in [0.2, 0.25) is 0 Å². The first-order chi connectivity index (χ1) is 19.3. The summed E-state index contributed by atoms with van der Waals surface area (Å²) in [7, 11) is -1.09. The summed E-state index contributed by atoms with van der Waals surface area (Å²) in [6, 6.07) is 21.1. The number of piperidine rings is 1. The van der Waals surface area contributed by atoms with Crippen molar-refractivity contribution < 1.29 is 23.5 Å². The number of likely N-dealkylation sites (tertiary alicyclic amines) is 1. The van der Waals surface area contributed by atoms with E-state index in [1.165, 1.54) is 0 Å². The molecule has 0 radical (unpaired) electrons. The fraction of sp³-hybridized carbons (Fsp3) is 0.367. The fourth-order valence-electron chi connectivity index (χ4n) is 4.40. The molecule has 0 saturated carbocycles. The molecule has 3 aromatic carbocycles. The average molecular weight is 585 g/mol. The van der Waals surface area contributed by atoms with Crippen LogP contribution in [0, 0.1) is 13.8 Å². The lowest BCUT2D eigenvalue weighted by Crippen LogP contribution is -2.46. The quantitative estimate of drug-likeness (QED) is 0.244. The molecule has 40 heavy (non-hydrogen) atoms. The van der Waals surface area contributed by atoms with Crippen LogP contribution in [0.15, 0.2) is 66.7 Å². The van der Waals surface area contributed by atoms with Crippen LogP contribution in [0.25, 0.3) is 0 Å². The third-order valence-electron chi connectivity index (χ3n) is 6.81. The second-order valence-electron chi connectivity index (χ2n) is 9.75. The first-order valence-electron chi connectivity index (χ1n) is 13.5. The van der Waals surface area contributed by atoms with E-state index in [1.54, 1.807) is 17.0 Å². The van der Waals surface area contributed by atoms with Crippen LogP contribution >= 0.6 is 23.2 Å². The highest BCUT2D eigenvalue weighted by Gasteiger charge is 2.33. The molecule has 1 fully saturated rings. The number of benzene rings is 3. The SMILES string of the molecule is CCOC(=O)N1CCC(NCC(OB(Oc2ccc(C)c(Cl)c2)Oc2ccc(C)c(Cl)c2)c2ccccc2)CC1. The van der Waals surface area contributed by atoms with Crippen LogP contribution in [-0.4, -0.2) is 50.6 Å². The number of hydrogen-bond donors (Lipinski definition) is 1. The van der Waals surface area contributed by atoms with E-state index in [0.717, 1.165) is 29.5 Å². The highest BCUT2D eigenvalue weighted by Crippen LogP contribution is 2.27. The maximum atomic E-state index is 12.1. The lowest BCUT2D eigenvalue weighted by Gasteiger charge is -2.33. The zero-order chi connectivity index (χ0) is 28.5. The molecule has 0 aromatic heterocycles. The number of amides is 1. The van der Waals surface area contributed by atoms with Gasteiger partial charge in [-0.25, -0.2) is 4.79 Å². The van der Waals surface area contributed by atoms with Gasteiger partial charge in [-0.05, 0) is 74.6 Å². The van der Waals surface area contributed by atoms with E-state index >= 15 is 0 Å². The van der Waals surface area contributed by atoms with Crippen LogP contribution < -0.4 is 14.6 Å². The highest BCUT2D eigenvalue weighted by molar-refractivity contribution is 6.39. The van der Waals surface area contributed by atoms with Gasteiger partial charge in [0.05, 0.1) is 12.7 Å². The predicted octanol–water partition coefficient (Wildman–Crippen LogP) is 7.02. The summed E-state index contributed by atoms with van der Waals surface area (Å²) in [6.07, 6.45) is 0.994. The smallest absolute Gasteiger partial charge is 0.501 e. The van der Waals surface area contributed by atoms with Crippen molar-refractivity contribution in [1.29, 1.82) is 0 Å². The zero-order valence-corrected chi connectivity index (χ0v) is 24.6. The van der Waals surface area contributed by atoms with Crippen LogP contribution in [0.3, 0.4) is 0 Å². The molecule has 1 N–H and O–H groups in total. The van der Waals surface area contributed by atoms with Gasteiger partial charge >= 0.3 is 13.4 Å². The van der Waals surface area contributed by atoms with E-state index < -0.39 is 13.4 Å². The van der Waals surface area contributed by atoms with Gasteiger partial charge in [-0.3, -0.25) is 0 Å². The van der Waals surface area contributed by atoms with Gasteiger partial charge in [0.25, 0.3) is 0 Å². The summed E-state index contributed by atoms with van der Waals surface area (Å²) in [4.78, 5) is 13.8. The van der Waals surface area contributed by atoms with Crippen LogP contribution in [0.4, 0.5) is 4.79 Å². The number of ether oxygens (including phenoxy) is 1. The lowest BCUT2D eigenvalue weighted by molar-refractivity contribution is 0.0909. The van der Waals surface area contributed by atoms with Crippen molar-refractivity contribution in [2.24, 2.45) is 0 Å². The monoisotopic (exact) mass is 584 g/mol. The lowest BCUT2D eigenvalue weighted by atomic mass is 10.0. The van der Waals surface area contributed by atoms with Gasteiger partial charge in [0.1, 0.15) is 11.5 Å². The van der Waals surface area contributed by atoms with Gasteiger partial charge in [-0.15, -0.1) is 0 Å². The Hall–Kier alpha value is -2.91.